The number of rotatable bonds is 2. The van der Waals surface area contributed by atoms with Gasteiger partial charge in [0.05, 0.1) is 12.2 Å². The Morgan fingerprint density at radius 1 is 1.47 bits per heavy atom. The van der Waals surface area contributed by atoms with E-state index in [1.807, 2.05) is 6.08 Å². The Morgan fingerprint density at radius 3 is 3.16 bits per heavy atom. The van der Waals surface area contributed by atoms with Crippen molar-refractivity contribution in [3.63, 3.8) is 0 Å². The normalized spacial score (nSPS) is 17.8. The SMILES string of the molecule is Nc1nc(NC(=O)C2C=NC=CC2)nc2nc[nH]c12. The third-order valence-electron chi connectivity index (χ3n) is 2.73. The number of anilines is 2. The maximum Gasteiger partial charge on any atom is 0.235 e. The molecule has 3 heterocycles. The summed E-state index contributed by atoms with van der Waals surface area (Å²) in [6.45, 7) is 0. The quantitative estimate of drug-likeness (QED) is 0.722. The van der Waals surface area contributed by atoms with Gasteiger partial charge in [0.1, 0.15) is 5.52 Å². The summed E-state index contributed by atoms with van der Waals surface area (Å²) < 4.78 is 0. The third-order valence-corrected chi connectivity index (χ3v) is 2.73. The summed E-state index contributed by atoms with van der Waals surface area (Å²) in [6, 6.07) is 0. The molecule has 0 fully saturated rings. The number of hydrogen-bond acceptors (Lipinski definition) is 6. The van der Waals surface area contributed by atoms with Crippen molar-refractivity contribution in [2.75, 3.05) is 11.1 Å². The molecular formula is C11H11N7O. The minimum Gasteiger partial charge on any atom is -0.382 e. The second-order valence-corrected chi connectivity index (χ2v) is 4.05. The summed E-state index contributed by atoms with van der Waals surface area (Å²) in [4.78, 5) is 30.8. The first-order valence-electron chi connectivity index (χ1n) is 5.70. The number of nitrogens with zero attached hydrogens (tertiary/aromatic N) is 4. The highest BCUT2D eigenvalue weighted by atomic mass is 16.2. The van der Waals surface area contributed by atoms with Crippen molar-refractivity contribution in [2.24, 2.45) is 10.9 Å². The number of amides is 1. The topological polar surface area (TPSA) is 122 Å². The van der Waals surface area contributed by atoms with Crippen LogP contribution in [0.2, 0.25) is 0 Å². The molecule has 1 unspecified atom stereocenters. The van der Waals surface area contributed by atoms with Crippen LogP contribution < -0.4 is 11.1 Å². The summed E-state index contributed by atoms with van der Waals surface area (Å²) in [7, 11) is 0. The lowest BCUT2D eigenvalue weighted by Gasteiger charge is -2.11. The van der Waals surface area contributed by atoms with Gasteiger partial charge in [0.15, 0.2) is 11.5 Å². The first-order chi connectivity index (χ1) is 9.24. The number of nitrogens with two attached hydrogens (primary N) is 1. The summed E-state index contributed by atoms with van der Waals surface area (Å²) in [5.74, 6) is -0.146. The molecule has 1 aliphatic heterocycles. The Bertz CT molecular complexity index is 687. The van der Waals surface area contributed by atoms with Crippen molar-refractivity contribution < 1.29 is 4.79 Å². The molecule has 8 nitrogen and oxygen atoms in total. The second-order valence-electron chi connectivity index (χ2n) is 4.05. The van der Waals surface area contributed by atoms with Gasteiger partial charge in [-0.25, -0.2) is 4.98 Å². The average molecular weight is 257 g/mol. The molecule has 0 spiro atoms. The molecule has 1 amide bonds. The zero-order chi connectivity index (χ0) is 13.2. The lowest BCUT2D eigenvalue weighted by atomic mass is 10.1. The van der Waals surface area contributed by atoms with Gasteiger partial charge in [-0.05, 0) is 6.42 Å². The van der Waals surface area contributed by atoms with Gasteiger partial charge in [-0.1, -0.05) is 6.08 Å². The number of fused-ring (bicyclic) bond motifs is 1. The largest absolute Gasteiger partial charge is 0.382 e. The molecule has 0 saturated carbocycles. The number of aliphatic imine (C=N–C) groups is 1. The summed E-state index contributed by atoms with van der Waals surface area (Å²) in [6.07, 6.45) is 7.16. The number of aromatic amines is 1. The molecule has 19 heavy (non-hydrogen) atoms. The molecule has 4 N–H and O–H groups in total. The van der Waals surface area contributed by atoms with Gasteiger partial charge in [0.2, 0.25) is 11.9 Å². The smallest absolute Gasteiger partial charge is 0.235 e. The van der Waals surface area contributed by atoms with Gasteiger partial charge in [0, 0.05) is 12.4 Å². The number of allylic oxidation sites excluding steroid dienone is 1. The van der Waals surface area contributed by atoms with Crippen molar-refractivity contribution in [3.8, 4) is 0 Å². The van der Waals surface area contributed by atoms with E-state index >= 15 is 0 Å². The molecule has 2 aromatic rings. The third kappa shape index (κ3) is 2.15. The zero-order valence-corrected chi connectivity index (χ0v) is 9.87. The molecular weight excluding hydrogens is 246 g/mol. The summed E-state index contributed by atoms with van der Waals surface area (Å²) in [5, 5.41) is 2.61. The molecule has 0 aromatic carbocycles. The van der Waals surface area contributed by atoms with Crippen LogP contribution >= 0.6 is 0 Å². The van der Waals surface area contributed by atoms with E-state index in [0.29, 0.717) is 17.6 Å². The van der Waals surface area contributed by atoms with Crippen molar-refractivity contribution in [1.29, 1.82) is 0 Å². The van der Waals surface area contributed by atoms with Gasteiger partial charge >= 0.3 is 0 Å². The molecule has 0 saturated heterocycles. The standard InChI is InChI=1S/C11H11N7O/c12-8-7-9(15-5-14-7)17-11(16-8)18-10(19)6-2-1-3-13-4-6/h1,3-6H,2H2,(H4,12,14,15,16,17,18,19). The van der Waals surface area contributed by atoms with Crippen LogP contribution in [0.5, 0.6) is 0 Å². The van der Waals surface area contributed by atoms with Gasteiger partial charge in [-0.15, -0.1) is 0 Å². The minimum absolute atomic E-state index is 0.144. The first kappa shape index (κ1) is 11.3. The lowest BCUT2D eigenvalue weighted by molar-refractivity contribution is -0.117. The zero-order valence-electron chi connectivity index (χ0n) is 9.87. The van der Waals surface area contributed by atoms with E-state index in [1.165, 1.54) is 6.33 Å². The number of nitrogens with one attached hydrogen (secondary N) is 2. The monoisotopic (exact) mass is 257 g/mol. The van der Waals surface area contributed by atoms with Gasteiger partial charge < -0.3 is 10.7 Å². The van der Waals surface area contributed by atoms with Crippen LogP contribution in [0.4, 0.5) is 11.8 Å². The van der Waals surface area contributed by atoms with E-state index in [0.717, 1.165) is 0 Å². The number of imidazole rings is 1. The van der Waals surface area contributed by atoms with Crippen molar-refractivity contribution in [1.82, 2.24) is 19.9 Å². The van der Waals surface area contributed by atoms with Crippen LogP contribution in [0.1, 0.15) is 6.42 Å². The Morgan fingerprint density at radius 2 is 2.37 bits per heavy atom. The molecule has 1 aliphatic rings. The Hall–Kier alpha value is -2.77. The van der Waals surface area contributed by atoms with Crippen molar-refractivity contribution >= 4 is 35.1 Å². The maximum atomic E-state index is 12.0. The van der Waals surface area contributed by atoms with E-state index in [4.69, 9.17) is 5.73 Å². The van der Waals surface area contributed by atoms with Gasteiger partial charge in [0.25, 0.3) is 0 Å². The molecule has 3 rings (SSSR count). The Labute approximate surface area is 107 Å². The van der Waals surface area contributed by atoms with Crippen LogP contribution in [-0.4, -0.2) is 32.1 Å². The van der Waals surface area contributed by atoms with E-state index in [2.05, 4.69) is 30.2 Å². The van der Waals surface area contributed by atoms with E-state index < -0.39 is 0 Å². The first-order valence-corrected chi connectivity index (χ1v) is 5.70. The van der Waals surface area contributed by atoms with Crippen molar-refractivity contribution in [2.45, 2.75) is 6.42 Å². The summed E-state index contributed by atoms with van der Waals surface area (Å²) >= 11 is 0. The fourth-order valence-electron chi connectivity index (χ4n) is 1.77. The van der Waals surface area contributed by atoms with Crippen LogP contribution in [-0.2, 0) is 4.79 Å². The lowest BCUT2D eigenvalue weighted by Crippen LogP contribution is -2.25. The highest BCUT2D eigenvalue weighted by molar-refractivity contribution is 6.02. The number of carbonyl (C=O) groups excluding carboxylic acids is 1. The van der Waals surface area contributed by atoms with E-state index in [9.17, 15) is 4.79 Å². The van der Waals surface area contributed by atoms with E-state index in [-0.39, 0.29) is 23.6 Å². The van der Waals surface area contributed by atoms with Crippen LogP contribution in [0.25, 0.3) is 11.2 Å². The molecule has 0 radical (unpaired) electrons. The Balaban J connectivity index is 1.83. The average Bonchev–Trinajstić information content (AvgIpc) is 2.88. The van der Waals surface area contributed by atoms with Crippen molar-refractivity contribution in [3.05, 3.63) is 18.6 Å². The number of H-pyrrole nitrogens is 1. The highest BCUT2D eigenvalue weighted by Gasteiger charge is 2.18. The molecule has 2 aromatic heterocycles. The van der Waals surface area contributed by atoms with Crippen LogP contribution in [0.3, 0.4) is 0 Å². The van der Waals surface area contributed by atoms with E-state index in [1.54, 1.807) is 12.4 Å². The number of hydrogen-bond donors (Lipinski definition) is 3. The molecule has 0 aliphatic carbocycles. The summed E-state index contributed by atoms with van der Waals surface area (Å²) in [5.41, 5.74) is 6.72. The molecule has 1 atom stereocenters. The van der Waals surface area contributed by atoms with Gasteiger partial charge in [-0.3, -0.25) is 15.1 Å². The molecule has 8 heteroatoms. The predicted molar refractivity (Wildman–Crippen MR) is 70.5 cm³/mol. The molecule has 96 valence electrons. The number of nitrogen functional groups attached to an aromatic ring is 1. The fourth-order valence-corrected chi connectivity index (χ4v) is 1.77. The predicted octanol–water partition coefficient (Wildman–Crippen LogP) is 0.478. The maximum absolute atomic E-state index is 12.0. The number of aromatic nitrogens is 4. The van der Waals surface area contributed by atoms with Crippen LogP contribution in [0, 0.1) is 5.92 Å². The minimum atomic E-state index is -0.315. The fraction of sp³-hybridized carbons (Fsp3) is 0.182. The molecule has 0 bridgehead atoms. The van der Waals surface area contributed by atoms with Gasteiger partial charge in [-0.2, -0.15) is 9.97 Å². The number of carbonyl (C=O) groups is 1. The highest BCUT2D eigenvalue weighted by Crippen LogP contribution is 2.16. The Kier molecular flexibility index (Phi) is 2.67. The van der Waals surface area contributed by atoms with Crippen LogP contribution in [0.15, 0.2) is 23.6 Å². The second kappa shape index (κ2) is 4.48.